The van der Waals surface area contributed by atoms with Gasteiger partial charge < -0.3 is 9.84 Å². The summed E-state index contributed by atoms with van der Waals surface area (Å²) in [7, 11) is 0. The number of aldehydes is 1. The summed E-state index contributed by atoms with van der Waals surface area (Å²) >= 11 is 0. The van der Waals surface area contributed by atoms with Crippen LogP contribution in [0.15, 0.2) is 48.1 Å². The summed E-state index contributed by atoms with van der Waals surface area (Å²) in [5, 5.41) is 9.85. The number of carbonyl (C=O) groups is 4. The molecule has 6 heteroatoms. The first kappa shape index (κ1) is 26.5. The Hall–Kier alpha value is -2.76. The lowest BCUT2D eigenvalue weighted by Crippen LogP contribution is -2.51. The van der Waals surface area contributed by atoms with Crippen molar-refractivity contribution in [1.82, 2.24) is 0 Å². The zero-order chi connectivity index (χ0) is 24.8. The molecule has 1 fully saturated rings. The molecule has 2 aliphatic carbocycles. The fraction of sp³-hybridized carbons (Fsp3) is 0.556. The molecular formula is C27H36O6. The summed E-state index contributed by atoms with van der Waals surface area (Å²) in [5.74, 6) is -2.19. The topological polar surface area (TPSA) is 97.7 Å². The van der Waals surface area contributed by atoms with Gasteiger partial charge in [-0.3, -0.25) is 14.4 Å². The van der Waals surface area contributed by atoms with Crippen molar-refractivity contribution in [2.45, 2.75) is 65.9 Å². The molecule has 1 saturated carbocycles. The molecule has 6 atom stereocenters. The smallest absolute Gasteiger partial charge is 0.331 e. The molecule has 1 N–H and O–H groups in total. The molecule has 180 valence electrons. The van der Waals surface area contributed by atoms with Crippen molar-refractivity contribution < 1.29 is 29.0 Å². The van der Waals surface area contributed by atoms with Gasteiger partial charge in [0.25, 0.3) is 0 Å². The van der Waals surface area contributed by atoms with E-state index < -0.39 is 35.3 Å². The van der Waals surface area contributed by atoms with Crippen LogP contribution in [0.1, 0.15) is 59.8 Å². The van der Waals surface area contributed by atoms with Gasteiger partial charge in [-0.05, 0) is 48.3 Å². The minimum atomic E-state index is -1.03. The molecule has 2 unspecified atom stereocenters. The molecule has 2 aliphatic rings. The Kier molecular flexibility index (Phi) is 9.15. The van der Waals surface area contributed by atoms with Gasteiger partial charge in [-0.2, -0.15) is 0 Å². The second-order valence-corrected chi connectivity index (χ2v) is 9.66. The lowest BCUT2D eigenvalue weighted by molar-refractivity contribution is -0.153. The first-order chi connectivity index (χ1) is 15.5. The Labute approximate surface area is 196 Å². The third kappa shape index (κ3) is 6.18. The van der Waals surface area contributed by atoms with E-state index >= 15 is 0 Å². The number of esters is 1. The predicted octanol–water partition coefficient (Wildman–Crippen LogP) is 4.85. The number of ether oxygens (including phenoxy) is 1. The van der Waals surface area contributed by atoms with Crippen molar-refractivity contribution >= 4 is 24.0 Å². The van der Waals surface area contributed by atoms with E-state index in [4.69, 9.17) is 4.74 Å². The standard InChI is InChI=1S/C27H36O6/c1-6-17(2)13-18(3)9-7-8-10-25(30)33-24-12-11-21(26(31)32)27(5)22(19(4)16-28)14-20(29)15-23(24)27/h7-10,15-18,21-22,24H,4,6,11-14H2,1-3,5H3,(H,31,32)/b9-7+,10-8+/t17?,18?,21-,22-,24-,27+/m0/s1. The Morgan fingerprint density at radius 2 is 1.97 bits per heavy atom. The zero-order valence-corrected chi connectivity index (χ0v) is 20.1. The highest BCUT2D eigenvalue weighted by Gasteiger charge is 2.55. The zero-order valence-electron chi connectivity index (χ0n) is 20.1. The first-order valence-electron chi connectivity index (χ1n) is 11.7. The Balaban J connectivity index is 2.19. The van der Waals surface area contributed by atoms with Crippen LogP contribution in [0, 0.1) is 29.1 Å². The number of aliphatic carboxylic acids is 1. The Morgan fingerprint density at radius 3 is 2.58 bits per heavy atom. The van der Waals surface area contributed by atoms with E-state index in [0.717, 1.165) is 12.8 Å². The molecule has 0 aliphatic heterocycles. The van der Waals surface area contributed by atoms with Gasteiger partial charge in [-0.15, -0.1) is 0 Å². The summed E-state index contributed by atoms with van der Waals surface area (Å²) in [6.07, 6.45) is 10.9. The number of allylic oxidation sites excluding steroid dienone is 5. The molecule has 0 aromatic carbocycles. The second kappa shape index (κ2) is 11.4. The maximum absolute atomic E-state index is 12.5. The van der Waals surface area contributed by atoms with Gasteiger partial charge in [0.1, 0.15) is 12.4 Å². The minimum Gasteiger partial charge on any atom is -0.481 e. The normalized spacial score (nSPS) is 29.3. The molecular weight excluding hydrogens is 420 g/mol. The van der Waals surface area contributed by atoms with Gasteiger partial charge in [-0.1, -0.05) is 58.9 Å². The number of rotatable bonds is 10. The maximum Gasteiger partial charge on any atom is 0.331 e. The van der Waals surface area contributed by atoms with Crippen LogP contribution in [0.3, 0.4) is 0 Å². The van der Waals surface area contributed by atoms with Crippen molar-refractivity contribution in [1.29, 1.82) is 0 Å². The van der Waals surface area contributed by atoms with E-state index in [0.29, 0.717) is 30.1 Å². The van der Waals surface area contributed by atoms with E-state index in [2.05, 4.69) is 27.4 Å². The van der Waals surface area contributed by atoms with E-state index in [1.807, 2.05) is 12.2 Å². The van der Waals surface area contributed by atoms with Gasteiger partial charge in [0.2, 0.25) is 0 Å². The molecule has 0 amide bonds. The van der Waals surface area contributed by atoms with Gasteiger partial charge >= 0.3 is 11.9 Å². The lowest BCUT2D eigenvalue weighted by Gasteiger charge is -2.50. The molecule has 0 saturated heterocycles. The van der Waals surface area contributed by atoms with Crippen molar-refractivity contribution in [3.05, 3.63) is 48.1 Å². The second-order valence-electron chi connectivity index (χ2n) is 9.66. The number of ketones is 1. The van der Waals surface area contributed by atoms with Gasteiger partial charge in [0.05, 0.1) is 5.92 Å². The molecule has 33 heavy (non-hydrogen) atoms. The van der Waals surface area contributed by atoms with Crippen molar-refractivity contribution in [3.63, 3.8) is 0 Å². The summed E-state index contributed by atoms with van der Waals surface area (Å²) in [6.45, 7) is 12.0. The third-order valence-corrected chi connectivity index (χ3v) is 7.27. The Bertz CT molecular complexity index is 879. The summed E-state index contributed by atoms with van der Waals surface area (Å²) in [5.41, 5.74) is -0.383. The van der Waals surface area contributed by atoms with Crippen LogP contribution in [-0.2, 0) is 23.9 Å². The van der Waals surface area contributed by atoms with E-state index in [-0.39, 0.29) is 24.2 Å². The van der Waals surface area contributed by atoms with Crippen LogP contribution in [0.5, 0.6) is 0 Å². The average molecular weight is 457 g/mol. The predicted molar refractivity (Wildman–Crippen MR) is 126 cm³/mol. The highest BCUT2D eigenvalue weighted by Crippen LogP contribution is 2.55. The molecule has 0 heterocycles. The van der Waals surface area contributed by atoms with Gasteiger partial charge in [-0.25, -0.2) is 4.79 Å². The molecule has 6 nitrogen and oxygen atoms in total. The number of hydrogen-bond acceptors (Lipinski definition) is 5. The Morgan fingerprint density at radius 1 is 1.27 bits per heavy atom. The SMILES string of the molecule is C=C(C=O)[C@@H]1CC(=O)C=C2[C@@H](OC(=O)/C=C/C=C/C(C)CC(C)CC)CC[C@@H](C(=O)O)[C@@]21C. The number of carboxylic acids is 1. The van der Waals surface area contributed by atoms with Crippen LogP contribution in [0.2, 0.25) is 0 Å². The minimum absolute atomic E-state index is 0.0154. The third-order valence-electron chi connectivity index (χ3n) is 7.27. The first-order valence-corrected chi connectivity index (χ1v) is 11.7. The van der Waals surface area contributed by atoms with Crippen LogP contribution in [-0.4, -0.2) is 35.2 Å². The fourth-order valence-electron chi connectivity index (χ4n) is 5.21. The molecule has 0 aromatic rings. The molecule has 0 aromatic heterocycles. The molecule has 0 bridgehead atoms. The quantitative estimate of drug-likeness (QED) is 0.218. The van der Waals surface area contributed by atoms with Gasteiger partial charge in [0.15, 0.2) is 5.78 Å². The maximum atomic E-state index is 12.5. The summed E-state index contributed by atoms with van der Waals surface area (Å²) in [4.78, 5) is 48.4. The fourth-order valence-corrected chi connectivity index (χ4v) is 5.21. The van der Waals surface area contributed by atoms with Crippen molar-refractivity contribution in [2.24, 2.45) is 29.1 Å². The number of carbonyl (C=O) groups excluding carboxylic acids is 3. The molecule has 0 spiro atoms. The highest BCUT2D eigenvalue weighted by molar-refractivity contribution is 5.94. The largest absolute Gasteiger partial charge is 0.481 e. The van der Waals surface area contributed by atoms with E-state index in [1.54, 1.807) is 13.0 Å². The van der Waals surface area contributed by atoms with Crippen LogP contribution < -0.4 is 0 Å². The summed E-state index contributed by atoms with van der Waals surface area (Å²) < 4.78 is 5.66. The molecule has 2 rings (SSSR count). The van der Waals surface area contributed by atoms with Crippen LogP contribution in [0.4, 0.5) is 0 Å². The lowest BCUT2D eigenvalue weighted by atomic mass is 9.53. The number of hydrogen-bond donors (Lipinski definition) is 1. The number of carboxylic acid groups (broad SMARTS) is 1. The monoisotopic (exact) mass is 456 g/mol. The van der Waals surface area contributed by atoms with Crippen molar-refractivity contribution in [2.75, 3.05) is 0 Å². The van der Waals surface area contributed by atoms with Gasteiger partial charge in [0, 0.05) is 23.8 Å². The average Bonchev–Trinajstić information content (AvgIpc) is 2.76. The summed E-state index contributed by atoms with van der Waals surface area (Å²) in [6, 6.07) is 0. The van der Waals surface area contributed by atoms with E-state index in [9.17, 15) is 24.3 Å². The van der Waals surface area contributed by atoms with E-state index in [1.165, 1.54) is 12.2 Å². The van der Waals surface area contributed by atoms with Crippen molar-refractivity contribution in [3.8, 4) is 0 Å². The molecule has 0 radical (unpaired) electrons. The number of fused-ring (bicyclic) bond motifs is 1. The highest BCUT2D eigenvalue weighted by atomic mass is 16.5. The van der Waals surface area contributed by atoms with Crippen LogP contribution in [0.25, 0.3) is 0 Å². The van der Waals surface area contributed by atoms with Crippen LogP contribution >= 0.6 is 0 Å².